The second-order valence-electron chi connectivity index (χ2n) is 8.54. The quantitative estimate of drug-likeness (QED) is 0.368. The van der Waals surface area contributed by atoms with Crippen molar-refractivity contribution in [1.29, 1.82) is 0 Å². The first-order valence-corrected chi connectivity index (χ1v) is 11.6. The molecule has 172 valence electrons. The Morgan fingerprint density at radius 2 is 1.89 bits per heavy atom. The van der Waals surface area contributed by atoms with Crippen molar-refractivity contribution in [2.24, 2.45) is 0 Å². The molecule has 0 amide bonds. The van der Waals surface area contributed by atoms with E-state index in [1.54, 1.807) is 23.2 Å². The number of fused-ring (bicyclic) bond motifs is 2. The number of pyridine rings is 3. The van der Waals surface area contributed by atoms with Crippen LogP contribution in [-0.4, -0.2) is 29.1 Å². The van der Waals surface area contributed by atoms with E-state index >= 15 is 0 Å². The van der Waals surface area contributed by atoms with Gasteiger partial charge in [0, 0.05) is 59.1 Å². The lowest BCUT2D eigenvalue weighted by Crippen LogP contribution is -2.21. The Balaban J connectivity index is 1.48. The molecular weight excluding hydrogens is 460 g/mol. The van der Waals surface area contributed by atoms with E-state index in [9.17, 15) is 4.79 Å². The van der Waals surface area contributed by atoms with Crippen LogP contribution < -0.4 is 5.56 Å². The zero-order valence-corrected chi connectivity index (χ0v) is 19.7. The molecule has 0 saturated carbocycles. The maximum Gasteiger partial charge on any atom is 0.275 e. The standard InChI is InChI=1S/C27H21ClN6O/c1-17-32-26-24(34(17)15-18-4-6-21(28)7-5-18)11-20(13-31-26)23-16-33(14-19-3-2-9-29-12-19)27(35)25-22(23)8-10-30-25/h2-13,16,30H,14-15H2,1H3. The molecule has 1 aromatic carbocycles. The van der Waals surface area contributed by atoms with Crippen LogP contribution in [0.5, 0.6) is 0 Å². The first kappa shape index (κ1) is 21.3. The van der Waals surface area contributed by atoms with Gasteiger partial charge in [-0.1, -0.05) is 29.8 Å². The summed E-state index contributed by atoms with van der Waals surface area (Å²) in [5, 5.41) is 1.57. The number of imidazole rings is 1. The van der Waals surface area contributed by atoms with E-state index in [-0.39, 0.29) is 5.56 Å². The summed E-state index contributed by atoms with van der Waals surface area (Å²) in [7, 11) is 0. The third-order valence-corrected chi connectivity index (χ3v) is 6.49. The van der Waals surface area contributed by atoms with Crippen molar-refractivity contribution in [3.8, 4) is 11.1 Å². The van der Waals surface area contributed by atoms with Crippen LogP contribution in [0.1, 0.15) is 17.0 Å². The fourth-order valence-corrected chi connectivity index (χ4v) is 4.60. The molecule has 8 heteroatoms. The average molecular weight is 481 g/mol. The predicted molar refractivity (Wildman–Crippen MR) is 138 cm³/mol. The van der Waals surface area contributed by atoms with Crippen molar-refractivity contribution in [3.05, 3.63) is 112 Å². The van der Waals surface area contributed by atoms with Crippen molar-refractivity contribution in [3.63, 3.8) is 0 Å². The minimum Gasteiger partial charge on any atom is -0.357 e. The Kier molecular flexibility index (Phi) is 5.19. The Bertz CT molecular complexity index is 1730. The van der Waals surface area contributed by atoms with E-state index in [1.807, 2.05) is 61.8 Å². The largest absolute Gasteiger partial charge is 0.357 e. The Labute approximate surface area is 205 Å². The number of aryl methyl sites for hydroxylation is 1. The van der Waals surface area contributed by atoms with Gasteiger partial charge < -0.3 is 14.1 Å². The van der Waals surface area contributed by atoms with Crippen LogP contribution in [0.2, 0.25) is 5.02 Å². The molecule has 0 atom stereocenters. The number of rotatable bonds is 5. The SMILES string of the molecule is Cc1nc2ncc(-c3cn(Cc4cccnc4)c(=O)c4[nH]ccc34)cc2n1Cc1ccc(Cl)cc1. The lowest BCUT2D eigenvalue weighted by atomic mass is 10.1. The molecule has 0 aliphatic heterocycles. The molecule has 35 heavy (non-hydrogen) atoms. The van der Waals surface area contributed by atoms with Crippen LogP contribution >= 0.6 is 11.6 Å². The molecule has 0 bridgehead atoms. The topological polar surface area (TPSA) is 81.4 Å². The Hall–Kier alpha value is -4.23. The van der Waals surface area contributed by atoms with Crippen LogP contribution in [0.4, 0.5) is 0 Å². The number of aromatic amines is 1. The number of nitrogens with one attached hydrogen (secondary N) is 1. The van der Waals surface area contributed by atoms with Gasteiger partial charge >= 0.3 is 0 Å². The van der Waals surface area contributed by atoms with Gasteiger partial charge in [-0.25, -0.2) is 9.97 Å². The zero-order valence-electron chi connectivity index (χ0n) is 18.9. The lowest BCUT2D eigenvalue weighted by molar-refractivity contribution is 0.764. The molecule has 0 aliphatic rings. The van der Waals surface area contributed by atoms with Gasteiger partial charge in [0.25, 0.3) is 5.56 Å². The van der Waals surface area contributed by atoms with E-state index in [1.165, 1.54) is 0 Å². The monoisotopic (exact) mass is 480 g/mol. The second-order valence-corrected chi connectivity index (χ2v) is 8.98. The van der Waals surface area contributed by atoms with Gasteiger partial charge in [0.15, 0.2) is 5.65 Å². The van der Waals surface area contributed by atoms with Crippen LogP contribution in [0, 0.1) is 6.92 Å². The number of hydrogen-bond donors (Lipinski definition) is 1. The minimum absolute atomic E-state index is 0.0738. The predicted octanol–water partition coefficient (Wildman–Crippen LogP) is 5.19. The summed E-state index contributed by atoms with van der Waals surface area (Å²) < 4.78 is 3.86. The maximum atomic E-state index is 13.1. The summed E-state index contributed by atoms with van der Waals surface area (Å²) in [5.41, 5.74) is 6.04. The fraction of sp³-hybridized carbons (Fsp3) is 0.111. The Morgan fingerprint density at radius 1 is 1.03 bits per heavy atom. The summed E-state index contributed by atoms with van der Waals surface area (Å²) in [5.74, 6) is 0.882. The molecule has 0 spiro atoms. The molecule has 0 saturated heterocycles. The maximum absolute atomic E-state index is 13.1. The highest BCUT2D eigenvalue weighted by molar-refractivity contribution is 6.30. The van der Waals surface area contributed by atoms with Crippen molar-refractivity contribution >= 4 is 33.7 Å². The van der Waals surface area contributed by atoms with Crippen LogP contribution in [0.15, 0.2) is 84.3 Å². The third-order valence-electron chi connectivity index (χ3n) is 6.23. The zero-order chi connectivity index (χ0) is 23.9. The van der Waals surface area contributed by atoms with E-state index in [2.05, 4.69) is 30.6 Å². The molecule has 0 fully saturated rings. The number of aromatic nitrogens is 6. The average Bonchev–Trinajstić information content (AvgIpc) is 3.48. The molecule has 0 aliphatic carbocycles. The molecule has 5 heterocycles. The van der Waals surface area contributed by atoms with Gasteiger partial charge in [0.1, 0.15) is 11.3 Å². The smallest absolute Gasteiger partial charge is 0.275 e. The molecule has 6 rings (SSSR count). The third kappa shape index (κ3) is 3.90. The van der Waals surface area contributed by atoms with E-state index in [4.69, 9.17) is 11.6 Å². The van der Waals surface area contributed by atoms with E-state index in [0.29, 0.717) is 29.3 Å². The molecule has 7 nitrogen and oxygen atoms in total. The summed E-state index contributed by atoms with van der Waals surface area (Å²) in [6, 6.07) is 15.7. The first-order valence-electron chi connectivity index (χ1n) is 11.2. The number of H-pyrrole nitrogens is 1. The normalized spacial score (nSPS) is 11.5. The number of benzene rings is 1. The lowest BCUT2D eigenvalue weighted by Gasteiger charge is -2.12. The van der Waals surface area contributed by atoms with Crippen molar-refractivity contribution in [1.82, 2.24) is 29.1 Å². The molecule has 0 radical (unpaired) electrons. The second kappa shape index (κ2) is 8.52. The van der Waals surface area contributed by atoms with Crippen LogP contribution in [0.3, 0.4) is 0 Å². The van der Waals surface area contributed by atoms with Crippen molar-refractivity contribution in [2.45, 2.75) is 20.0 Å². The van der Waals surface area contributed by atoms with Gasteiger partial charge in [0.2, 0.25) is 0 Å². The molecule has 1 N–H and O–H groups in total. The van der Waals surface area contributed by atoms with Crippen LogP contribution in [0.25, 0.3) is 33.2 Å². The van der Waals surface area contributed by atoms with Gasteiger partial charge in [-0.3, -0.25) is 9.78 Å². The number of halogens is 1. The summed E-state index contributed by atoms with van der Waals surface area (Å²) in [6.45, 7) is 3.07. The molecule has 6 aromatic rings. The van der Waals surface area contributed by atoms with Gasteiger partial charge in [-0.05, 0) is 48.4 Å². The van der Waals surface area contributed by atoms with E-state index < -0.39 is 0 Å². The summed E-state index contributed by atoms with van der Waals surface area (Å²) in [4.78, 5) is 29.8. The Morgan fingerprint density at radius 3 is 2.69 bits per heavy atom. The van der Waals surface area contributed by atoms with Crippen LogP contribution in [-0.2, 0) is 13.1 Å². The fourth-order valence-electron chi connectivity index (χ4n) is 4.47. The summed E-state index contributed by atoms with van der Waals surface area (Å²) >= 11 is 6.06. The minimum atomic E-state index is -0.0738. The number of hydrogen-bond acceptors (Lipinski definition) is 4. The van der Waals surface area contributed by atoms with Gasteiger partial charge in [-0.2, -0.15) is 0 Å². The summed E-state index contributed by atoms with van der Waals surface area (Å²) in [6.07, 6.45) is 9.02. The highest BCUT2D eigenvalue weighted by atomic mass is 35.5. The van der Waals surface area contributed by atoms with Crippen molar-refractivity contribution < 1.29 is 0 Å². The highest BCUT2D eigenvalue weighted by Gasteiger charge is 2.15. The molecular formula is C27H21ClN6O. The molecule has 5 aromatic heterocycles. The molecule has 0 unspecified atom stereocenters. The first-order chi connectivity index (χ1) is 17.1. The van der Waals surface area contributed by atoms with Crippen molar-refractivity contribution in [2.75, 3.05) is 0 Å². The van der Waals surface area contributed by atoms with Gasteiger partial charge in [0.05, 0.1) is 12.1 Å². The van der Waals surface area contributed by atoms with Gasteiger partial charge in [-0.15, -0.1) is 0 Å². The van der Waals surface area contributed by atoms with E-state index in [0.717, 1.165) is 39.0 Å². The highest BCUT2D eigenvalue weighted by Crippen LogP contribution is 2.29. The number of nitrogens with zero attached hydrogens (tertiary/aromatic N) is 5.